The Balaban J connectivity index is 2.03. The van der Waals surface area contributed by atoms with Crippen molar-refractivity contribution >= 4 is 17.6 Å². The van der Waals surface area contributed by atoms with Gasteiger partial charge in [-0.15, -0.1) is 0 Å². The molecule has 1 unspecified atom stereocenters. The minimum absolute atomic E-state index is 0.0221. The van der Waals surface area contributed by atoms with Crippen molar-refractivity contribution in [2.45, 2.75) is 38.3 Å². The summed E-state index contributed by atoms with van der Waals surface area (Å²) in [6.45, 7) is 2.25. The molecule has 0 heterocycles. The summed E-state index contributed by atoms with van der Waals surface area (Å²) in [4.78, 5) is 11.6. The second kappa shape index (κ2) is 6.21. The molecule has 1 aromatic rings. The fourth-order valence-electron chi connectivity index (χ4n) is 1.89. The van der Waals surface area contributed by atoms with Crippen LogP contribution < -0.4 is 5.32 Å². The van der Waals surface area contributed by atoms with Crippen molar-refractivity contribution in [2.75, 3.05) is 6.61 Å². The molecule has 1 N–H and O–H groups in total. The molecule has 4 heteroatoms. The van der Waals surface area contributed by atoms with E-state index in [1.165, 1.54) is 12.8 Å². The quantitative estimate of drug-likeness (QED) is 0.805. The van der Waals surface area contributed by atoms with Gasteiger partial charge in [0.1, 0.15) is 0 Å². The number of esters is 1. The maximum absolute atomic E-state index is 11.6. The van der Waals surface area contributed by atoms with Crippen LogP contribution in [0.15, 0.2) is 24.3 Å². The summed E-state index contributed by atoms with van der Waals surface area (Å²) in [7, 11) is 0. The lowest BCUT2D eigenvalue weighted by Gasteiger charge is -2.18. The molecule has 2 rings (SSSR count). The lowest BCUT2D eigenvalue weighted by molar-refractivity contribution is -0.143. The van der Waals surface area contributed by atoms with Crippen molar-refractivity contribution in [3.8, 4) is 0 Å². The monoisotopic (exact) mass is 267 g/mol. The molecule has 0 amide bonds. The SMILES string of the molecule is CCOC(=O)CC(NC1CC1)c1ccc(Cl)cc1. The van der Waals surface area contributed by atoms with Crippen molar-refractivity contribution in [3.63, 3.8) is 0 Å². The summed E-state index contributed by atoms with van der Waals surface area (Å²) in [5.74, 6) is -0.161. The highest BCUT2D eigenvalue weighted by atomic mass is 35.5. The summed E-state index contributed by atoms with van der Waals surface area (Å²) >= 11 is 5.88. The summed E-state index contributed by atoms with van der Waals surface area (Å²) in [6, 6.07) is 8.19. The minimum atomic E-state index is -0.161. The number of nitrogens with one attached hydrogen (secondary N) is 1. The molecule has 1 atom stereocenters. The predicted octanol–water partition coefficient (Wildman–Crippen LogP) is 3.09. The van der Waals surface area contributed by atoms with Gasteiger partial charge in [0.05, 0.1) is 13.0 Å². The van der Waals surface area contributed by atoms with E-state index in [0.717, 1.165) is 5.56 Å². The third-order valence-corrected chi connectivity index (χ3v) is 3.21. The highest BCUT2D eigenvalue weighted by Gasteiger charge is 2.27. The molecular weight excluding hydrogens is 250 g/mol. The first-order chi connectivity index (χ1) is 8.69. The van der Waals surface area contributed by atoms with Gasteiger partial charge in [-0.25, -0.2) is 0 Å². The Bertz CT molecular complexity index is 401. The van der Waals surface area contributed by atoms with Crippen molar-refractivity contribution in [1.29, 1.82) is 0 Å². The highest BCUT2D eigenvalue weighted by molar-refractivity contribution is 6.30. The van der Waals surface area contributed by atoms with Gasteiger partial charge < -0.3 is 10.1 Å². The van der Waals surface area contributed by atoms with Crippen LogP contribution in [0, 0.1) is 0 Å². The van der Waals surface area contributed by atoms with Crippen LogP contribution in [0.5, 0.6) is 0 Å². The number of halogens is 1. The first-order valence-corrected chi connectivity index (χ1v) is 6.74. The van der Waals surface area contributed by atoms with Crippen molar-refractivity contribution < 1.29 is 9.53 Å². The number of hydrogen-bond donors (Lipinski definition) is 1. The zero-order chi connectivity index (χ0) is 13.0. The van der Waals surface area contributed by atoms with Gasteiger partial charge in [0.2, 0.25) is 0 Å². The van der Waals surface area contributed by atoms with Gasteiger partial charge in [-0.05, 0) is 37.5 Å². The second-order valence-electron chi connectivity index (χ2n) is 4.55. The van der Waals surface area contributed by atoms with Crippen LogP contribution in [0.1, 0.15) is 37.8 Å². The minimum Gasteiger partial charge on any atom is -0.466 e. The Morgan fingerprint density at radius 2 is 2.11 bits per heavy atom. The first-order valence-electron chi connectivity index (χ1n) is 6.36. The molecule has 1 fully saturated rings. The molecule has 0 bridgehead atoms. The molecule has 1 aliphatic rings. The van der Waals surface area contributed by atoms with Gasteiger partial charge in [0, 0.05) is 17.1 Å². The molecule has 0 saturated heterocycles. The Morgan fingerprint density at radius 3 is 2.67 bits per heavy atom. The van der Waals surface area contributed by atoms with Crippen LogP contribution in [0.3, 0.4) is 0 Å². The van der Waals surface area contributed by atoms with Crippen LogP contribution in [0.4, 0.5) is 0 Å². The van der Waals surface area contributed by atoms with E-state index in [0.29, 0.717) is 24.1 Å². The summed E-state index contributed by atoms with van der Waals surface area (Å²) in [6.07, 6.45) is 2.74. The normalized spacial score (nSPS) is 16.3. The molecule has 0 aromatic heterocycles. The van der Waals surface area contributed by atoms with Crippen molar-refractivity contribution in [1.82, 2.24) is 5.32 Å². The van der Waals surface area contributed by atoms with Crippen LogP contribution in [0.25, 0.3) is 0 Å². The van der Waals surface area contributed by atoms with Crippen LogP contribution in [-0.4, -0.2) is 18.6 Å². The van der Waals surface area contributed by atoms with Gasteiger partial charge in [-0.2, -0.15) is 0 Å². The molecule has 18 heavy (non-hydrogen) atoms. The zero-order valence-corrected chi connectivity index (χ0v) is 11.2. The average molecular weight is 268 g/mol. The van der Waals surface area contributed by atoms with Gasteiger partial charge in [0.15, 0.2) is 0 Å². The van der Waals surface area contributed by atoms with Crippen molar-refractivity contribution in [2.24, 2.45) is 0 Å². The fraction of sp³-hybridized carbons (Fsp3) is 0.500. The number of ether oxygens (including phenoxy) is 1. The first kappa shape index (κ1) is 13.4. The maximum atomic E-state index is 11.6. The summed E-state index contributed by atoms with van der Waals surface area (Å²) in [5.41, 5.74) is 1.08. The Morgan fingerprint density at radius 1 is 1.44 bits per heavy atom. The summed E-state index contributed by atoms with van der Waals surface area (Å²) in [5, 5.41) is 4.18. The summed E-state index contributed by atoms with van der Waals surface area (Å²) < 4.78 is 5.01. The van der Waals surface area contributed by atoms with E-state index in [1.54, 1.807) is 0 Å². The van der Waals surface area contributed by atoms with Crippen LogP contribution in [-0.2, 0) is 9.53 Å². The van der Waals surface area contributed by atoms with E-state index in [2.05, 4.69) is 5.32 Å². The van der Waals surface area contributed by atoms with E-state index in [9.17, 15) is 4.79 Å². The van der Waals surface area contributed by atoms with E-state index in [4.69, 9.17) is 16.3 Å². The smallest absolute Gasteiger partial charge is 0.307 e. The predicted molar refractivity (Wildman–Crippen MR) is 71.6 cm³/mol. The number of carbonyl (C=O) groups is 1. The zero-order valence-electron chi connectivity index (χ0n) is 10.5. The third kappa shape index (κ3) is 4.00. The lowest BCUT2D eigenvalue weighted by Crippen LogP contribution is -2.26. The van der Waals surface area contributed by atoms with Gasteiger partial charge in [-0.1, -0.05) is 23.7 Å². The molecule has 1 aliphatic carbocycles. The number of benzene rings is 1. The maximum Gasteiger partial charge on any atom is 0.307 e. The molecular formula is C14H18ClNO2. The van der Waals surface area contributed by atoms with E-state index >= 15 is 0 Å². The molecule has 3 nitrogen and oxygen atoms in total. The van der Waals surface area contributed by atoms with E-state index < -0.39 is 0 Å². The molecule has 0 radical (unpaired) electrons. The van der Waals surface area contributed by atoms with E-state index in [-0.39, 0.29) is 12.0 Å². The molecule has 0 aliphatic heterocycles. The molecule has 98 valence electrons. The highest BCUT2D eigenvalue weighted by Crippen LogP contribution is 2.27. The standard InChI is InChI=1S/C14H18ClNO2/c1-2-18-14(17)9-13(16-12-7-8-12)10-3-5-11(15)6-4-10/h3-6,12-13,16H,2,7-9H2,1H3. The number of hydrogen-bond acceptors (Lipinski definition) is 3. The molecule has 0 spiro atoms. The van der Waals surface area contributed by atoms with E-state index in [1.807, 2.05) is 31.2 Å². The Hall–Kier alpha value is -1.06. The van der Waals surface area contributed by atoms with Crippen LogP contribution >= 0.6 is 11.6 Å². The lowest BCUT2D eigenvalue weighted by atomic mass is 10.0. The van der Waals surface area contributed by atoms with Crippen LogP contribution in [0.2, 0.25) is 5.02 Å². The van der Waals surface area contributed by atoms with Crippen molar-refractivity contribution in [3.05, 3.63) is 34.9 Å². The Kier molecular flexibility index (Phi) is 4.61. The average Bonchev–Trinajstić information content (AvgIpc) is 3.13. The van der Waals surface area contributed by atoms with Gasteiger partial charge in [0.25, 0.3) is 0 Å². The Labute approximate surface area is 112 Å². The topological polar surface area (TPSA) is 38.3 Å². The largest absolute Gasteiger partial charge is 0.466 e. The third-order valence-electron chi connectivity index (χ3n) is 2.96. The second-order valence-corrected chi connectivity index (χ2v) is 4.99. The fourth-order valence-corrected chi connectivity index (χ4v) is 2.02. The van der Waals surface area contributed by atoms with Gasteiger partial charge >= 0.3 is 5.97 Å². The molecule has 1 aromatic carbocycles. The van der Waals surface area contributed by atoms with Gasteiger partial charge in [-0.3, -0.25) is 4.79 Å². The number of carbonyl (C=O) groups excluding carboxylic acids is 1. The molecule has 1 saturated carbocycles. The number of rotatable bonds is 6.